The molecule has 0 amide bonds. The van der Waals surface area contributed by atoms with Crippen LogP contribution in [0.15, 0.2) is 46.4 Å². The molecular weight excluding hydrogens is 484 g/mol. The van der Waals surface area contributed by atoms with Gasteiger partial charge in [0, 0.05) is 26.9 Å². The average molecular weight is 501 g/mol. The van der Waals surface area contributed by atoms with Crippen molar-refractivity contribution >= 4 is 64.5 Å². The molecule has 2 aromatic heterocycles. The Balaban J connectivity index is 1.57. The highest BCUT2D eigenvalue weighted by atomic mass is 32.1. The fourth-order valence-electron chi connectivity index (χ4n) is 5.69. The van der Waals surface area contributed by atoms with E-state index in [2.05, 4.69) is 43.9 Å². The zero-order valence-electron chi connectivity index (χ0n) is 19.0. The zero-order chi connectivity index (χ0) is 24.9. The van der Waals surface area contributed by atoms with E-state index in [-0.39, 0.29) is 17.1 Å². The van der Waals surface area contributed by atoms with Gasteiger partial charge in [-0.05, 0) is 70.1 Å². The van der Waals surface area contributed by atoms with Crippen LogP contribution >= 0.6 is 22.7 Å². The first-order chi connectivity index (χ1) is 17.6. The Kier molecular flexibility index (Phi) is 5.17. The van der Waals surface area contributed by atoms with Gasteiger partial charge in [-0.25, -0.2) is 10.5 Å². The minimum absolute atomic E-state index is 0.0370. The molecule has 1 fully saturated rings. The first-order valence-corrected chi connectivity index (χ1v) is 13.1. The maximum Gasteiger partial charge on any atom is 0.350 e. The molecule has 1 saturated carbocycles. The van der Waals surface area contributed by atoms with E-state index in [1.807, 2.05) is 24.3 Å². The summed E-state index contributed by atoms with van der Waals surface area (Å²) in [4.78, 5) is 14.9. The average Bonchev–Trinajstić information content (AvgIpc) is 3.56. The number of hydrogen-bond acceptors (Lipinski definition) is 6. The van der Waals surface area contributed by atoms with Gasteiger partial charge in [0.05, 0.1) is 0 Å². The van der Waals surface area contributed by atoms with Crippen LogP contribution in [0.3, 0.4) is 0 Å². The molecule has 170 valence electrons. The van der Waals surface area contributed by atoms with Gasteiger partial charge in [0.1, 0.15) is 12.1 Å². The Morgan fingerprint density at radius 1 is 0.750 bits per heavy atom. The van der Waals surface area contributed by atoms with Gasteiger partial charge in [0.25, 0.3) is 0 Å². The van der Waals surface area contributed by atoms with E-state index in [1.54, 1.807) is 0 Å². The summed E-state index contributed by atoms with van der Waals surface area (Å²) in [5, 5.41) is 21.8. The van der Waals surface area contributed by atoms with Crippen LogP contribution in [-0.4, -0.2) is 11.7 Å². The predicted molar refractivity (Wildman–Crippen MR) is 145 cm³/mol. The number of hydrogen-bond donors (Lipinski definition) is 0. The third-order valence-corrected chi connectivity index (χ3v) is 9.14. The van der Waals surface area contributed by atoms with Crippen molar-refractivity contribution in [1.82, 2.24) is 0 Å². The van der Waals surface area contributed by atoms with E-state index >= 15 is 0 Å². The lowest BCUT2D eigenvalue weighted by Gasteiger charge is -2.36. The molecule has 0 N–H and O–H groups in total. The smallest absolute Gasteiger partial charge is 0.350 e. The first kappa shape index (κ1) is 22.1. The van der Waals surface area contributed by atoms with Crippen LogP contribution in [0.25, 0.3) is 41.0 Å². The highest BCUT2D eigenvalue weighted by Crippen LogP contribution is 2.58. The second-order valence-corrected chi connectivity index (χ2v) is 11.1. The van der Waals surface area contributed by atoms with Crippen LogP contribution in [0.1, 0.15) is 43.2 Å². The number of nitrogens with zero attached hydrogens (tertiary/aromatic N) is 6. The molecule has 6 rings (SSSR count). The lowest BCUT2D eigenvalue weighted by molar-refractivity contribution is 0.353. The Bertz CT molecular complexity index is 1660. The Morgan fingerprint density at radius 2 is 1.22 bits per heavy atom. The molecule has 36 heavy (non-hydrogen) atoms. The summed E-state index contributed by atoms with van der Waals surface area (Å²) < 4.78 is 2.17. The number of rotatable bonds is 2. The maximum atomic E-state index is 9.11. The van der Waals surface area contributed by atoms with Crippen molar-refractivity contribution in [2.24, 2.45) is 9.98 Å². The van der Waals surface area contributed by atoms with E-state index in [4.69, 9.17) is 23.7 Å². The minimum Gasteiger partial charge on any atom is -0.351 e. The molecule has 0 unspecified atom stereocenters. The molecule has 2 aromatic carbocycles. The van der Waals surface area contributed by atoms with Crippen LogP contribution in [0.4, 0.5) is 10.0 Å². The van der Waals surface area contributed by atoms with Gasteiger partial charge in [0.15, 0.2) is 0 Å². The molecule has 1 spiro atoms. The van der Waals surface area contributed by atoms with E-state index in [1.165, 1.54) is 64.2 Å². The standard InChI is InChI=1S/C28H16N6S2/c1-31-24(14-29)33-26-10-16-8-20-18(12-22(16)35-26)19-13-23-17(11-27(36-23)34-25(15-30)32-2)9-21(19)28(20)6-4-3-5-7-28/h8-13H,3-7H2/b33-24-,34-25+. The molecule has 4 aromatic rings. The molecule has 2 aliphatic rings. The Labute approximate surface area is 215 Å². The topological polar surface area (TPSA) is 81.0 Å². The second kappa shape index (κ2) is 8.40. The molecule has 0 aliphatic heterocycles. The SMILES string of the molecule is [C-]#[N+]/C(C#N)=N\c1cc2cc3c(cc2s1)-c1cc2sc(/N=C(\C#N)[N+]#[C-])cc2cc1C31CCCCC1. The van der Waals surface area contributed by atoms with Crippen LogP contribution in [-0.2, 0) is 5.41 Å². The number of fused-ring (bicyclic) bond motifs is 7. The largest absolute Gasteiger partial charge is 0.351 e. The Morgan fingerprint density at radius 3 is 1.64 bits per heavy atom. The van der Waals surface area contributed by atoms with Gasteiger partial charge in [-0.2, -0.15) is 0 Å². The normalized spacial score (nSPS) is 16.2. The quantitative estimate of drug-likeness (QED) is 0.158. The molecule has 2 aliphatic carbocycles. The highest BCUT2D eigenvalue weighted by Gasteiger charge is 2.44. The summed E-state index contributed by atoms with van der Waals surface area (Å²) in [6, 6.07) is 16.7. The lowest BCUT2D eigenvalue weighted by Crippen LogP contribution is -2.28. The fourth-order valence-corrected chi connectivity index (χ4v) is 7.60. The van der Waals surface area contributed by atoms with E-state index < -0.39 is 0 Å². The fraction of sp³-hybridized carbons (Fsp3) is 0.214. The van der Waals surface area contributed by atoms with Crippen molar-refractivity contribution in [2.75, 3.05) is 0 Å². The molecule has 0 radical (unpaired) electrons. The summed E-state index contributed by atoms with van der Waals surface area (Å²) in [7, 11) is 0. The van der Waals surface area contributed by atoms with E-state index in [9.17, 15) is 0 Å². The van der Waals surface area contributed by atoms with Crippen LogP contribution in [0.5, 0.6) is 0 Å². The summed E-state index contributed by atoms with van der Waals surface area (Å²) in [5.41, 5.74) is 5.16. The van der Waals surface area contributed by atoms with Gasteiger partial charge in [-0.1, -0.05) is 65.1 Å². The minimum atomic E-state index is -0.153. The summed E-state index contributed by atoms with van der Waals surface area (Å²) in [6.45, 7) is 14.3. The van der Waals surface area contributed by atoms with Crippen molar-refractivity contribution in [3.63, 3.8) is 0 Å². The van der Waals surface area contributed by atoms with Crippen molar-refractivity contribution in [3.8, 4) is 23.3 Å². The predicted octanol–water partition coefficient (Wildman–Crippen LogP) is 8.29. The summed E-state index contributed by atoms with van der Waals surface area (Å²) in [6.07, 6.45) is 5.80. The van der Waals surface area contributed by atoms with Crippen molar-refractivity contribution < 1.29 is 0 Å². The highest BCUT2D eigenvalue weighted by molar-refractivity contribution is 7.23. The van der Waals surface area contributed by atoms with Crippen molar-refractivity contribution in [2.45, 2.75) is 37.5 Å². The molecule has 8 heteroatoms. The van der Waals surface area contributed by atoms with Gasteiger partial charge in [0.2, 0.25) is 10.0 Å². The van der Waals surface area contributed by atoms with Gasteiger partial charge in [-0.15, -0.1) is 0 Å². The molecule has 6 nitrogen and oxygen atoms in total. The number of benzene rings is 2. The van der Waals surface area contributed by atoms with Crippen molar-refractivity contribution in [1.29, 1.82) is 10.5 Å². The van der Waals surface area contributed by atoms with Crippen LogP contribution in [0.2, 0.25) is 0 Å². The molecule has 2 heterocycles. The van der Waals surface area contributed by atoms with E-state index in [0.717, 1.165) is 33.0 Å². The summed E-state index contributed by atoms with van der Waals surface area (Å²) >= 11 is 2.99. The summed E-state index contributed by atoms with van der Waals surface area (Å²) in [5.74, 6) is -0.306. The second-order valence-electron chi connectivity index (χ2n) is 9.00. The Hall–Kier alpha value is -4.34. The molecule has 0 saturated heterocycles. The van der Waals surface area contributed by atoms with Gasteiger partial charge < -0.3 is 9.69 Å². The molecular formula is C28H16N6S2. The van der Waals surface area contributed by atoms with Gasteiger partial charge >= 0.3 is 11.7 Å². The lowest BCUT2D eigenvalue weighted by atomic mass is 9.67. The maximum absolute atomic E-state index is 9.11. The molecule has 0 atom stereocenters. The number of thiophene rings is 2. The monoisotopic (exact) mass is 500 g/mol. The van der Waals surface area contributed by atoms with Gasteiger partial charge in [-0.3, -0.25) is 0 Å². The van der Waals surface area contributed by atoms with Crippen LogP contribution in [0, 0.1) is 35.8 Å². The number of aliphatic imine (C=N–C) groups is 2. The number of nitriles is 2. The van der Waals surface area contributed by atoms with Crippen LogP contribution < -0.4 is 0 Å². The zero-order valence-corrected chi connectivity index (χ0v) is 20.6. The first-order valence-electron chi connectivity index (χ1n) is 11.5. The third-order valence-electron chi connectivity index (χ3n) is 7.16. The molecule has 0 bridgehead atoms. The van der Waals surface area contributed by atoms with E-state index in [0.29, 0.717) is 10.0 Å². The van der Waals surface area contributed by atoms with Crippen molar-refractivity contribution in [3.05, 3.63) is 70.4 Å². The third kappa shape index (κ3) is 3.32. The number of amidine groups is 2.